The van der Waals surface area contributed by atoms with Crippen molar-refractivity contribution >= 4 is 44.2 Å². The predicted molar refractivity (Wildman–Crippen MR) is 159 cm³/mol. The zero-order valence-corrected chi connectivity index (χ0v) is 23.6. The molecule has 0 spiro atoms. The highest BCUT2D eigenvalue weighted by molar-refractivity contribution is 7.17. The van der Waals surface area contributed by atoms with Crippen LogP contribution in [0, 0.1) is 6.57 Å². The Balaban J connectivity index is 1.39. The average molecular weight is 572 g/mol. The molecule has 9 nitrogen and oxygen atoms in total. The summed E-state index contributed by atoms with van der Waals surface area (Å²) in [4.78, 5) is 36.2. The molecule has 41 heavy (non-hydrogen) atoms. The predicted octanol–water partition coefficient (Wildman–Crippen LogP) is 4.80. The first kappa shape index (κ1) is 27.1. The number of rotatable bonds is 7. The van der Waals surface area contributed by atoms with Crippen LogP contribution in [0.2, 0.25) is 0 Å². The van der Waals surface area contributed by atoms with Crippen molar-refractivity contribution in [2.75, 3.05) is 51.3 Å². The lowest BCUT2D eigenvalue weighted by Crippen LogP contribution is -2.56. The topological polar surface area (TPSA) is 79.1 Å². The van der Waals surface area contributed by atoms with Gasteiger partial charge in [-0.15, -0.1) is 11.3 Å². The van der Waals surface area contributed by atoms with E-state index in [-0.39, 0.29) is 19.1 Å². The number of fused-ring (bicyclic) bond motifs is 2. The van der Waals surface area contributed by atoms with Gasteiger partial charge in [0.25, 0.3) is 5.91 Å². The number of nitrogens with zero attached hydrogens (tertiary/aromatic N) is 7. The van der Waals surface area contributed by atoms with Crippen molar-refractivity contribution < 1.29 is 13.9 Å². The summed E-state index contributed by atoms with van der Waals surface area (Å²) in [6.45, 7) is 13.1. The Kier molecular flexibility index (Phi) is 7.51. The van der Waals surface area contributed by atoms with E-state index in [9.17, 15) is 9.18 Å². The summed E-state index contributed by atoms with van der Waals surface area (Å²) in [5, 5.41) is 3.98. The SMILES string of the molecule is [C-]#[N+]C[C@H]1CN(c2nc(OC[C@@H]3CCCN3C)nc3nc(-c4cccc5ccsc45)ccc23)CCN1C(=O)C(=C)F. The maximum absolute atomic E-state index is 13.7. The lowest BCUT2D eigenvalue weighted by molar-refractivity contribution is -0.131. The third kappa shape index (κ3) is 5.33. The summed E-state index contributed by atoms with van der Waals surface area (Å²) in [6.07, 6.45) is 2.18. The highest BCUT2D eigenvalue weighted by Crippen LogP contribution is 2.34. The van der Waals surface area contributed by atoms with Crippen molar-refractivity contribution in [3.63, 3.8) is 0 Å². The molecular weight excluding hydrogens is 541 g/mol. The van der Waals surface area contributed by atoms with Crippen LogP contribution in [-0.2, 0) is 4.79 Å². The maximum Gasteiger partial charge on any atom is 0.320 e. The lowest BCUT2D eigenvalue weighted by Gasteiger charge is -2.39. The summed E-state index contributed by atoms with van der Waals surface area (Å²) in [5.41, 5.74) is 2.35. The number of aromatic nitrogens is 3. The summed E-state index contributed by atoms with van der Waals surface area (Å²) < 4.78 is 21.1. The summed E-state index contributed by atoms with van der Waals surface area (Å²) in [6, 6.07) is 12.2. The van der Waals surface area contributed by atoms with E-state index in [4.69, 9.17) is 26.3 Å². The van der Waals surface area contributed by atoms with E-state index in [1.54, 1.807) is 11.3 Å². The highest BCUT2D eigenvalue weighted by atomic mass is 32.1. The Morgan fingerprint density at radius 3 is 2.83 bits per heavy atom. The minimum Gasteiger partial charge on any atom is -0.462 e. The van der Waals surface area contributed by atoms with E-state index in [1.165, 1.54) is 4.90 Å². The Morgan fingerprint density at radius 1 is 1.17 bits per heavy atom. The molecule has 2 atom stereocenters. The first-order valence-electron chi connectivity index (χ1n) is 13.6. The van der Waals surface area contributed by atoms with E-state index < -0.39 is 17.8 Å². The summed E-state index contributed by atoms with van der Waals surface area (Å²) in [5.74, 6) is -1.17. The van der Waals surface area contributed by atoms with Crippen LogP contribution in [0.1, 0.15) is 12.8 Å². The second-order valence-electron chi connectivity index (χ2n) is 10.5. The molecule has 0 bridgehead atoms. The smallest absolute Gasteiger partial charge is 0.320 e. The number of hydrogen-bond donors (Lipinski definition) is 0. The molecule has 3 aromatic heterocycles. The second-order valence-corrected chi connectivity index (χ2v) is 11.4. The van der Waals surface area contributed by atoms with E-state index in [1.807, 2.05) is 23.1 Å². The van der Waals surface area contributed by atoms with Gasteiger partial charge in [0.2, 0.25) is 6.54 Å². The van der Waals surface area contributed by atoms with Gasteiger partial charge in [0.1, 0.15) is 18.5 Å². The average Bonchev–Trinajstić information content (AvgIpc) is 3.63. The van der Waals surface area contributed by atoms with E-state index >= 15 is 0 Å². The van der Waals surface area contributed by atoms with Crippen molar-refractivity contribution in [2.45, 2.75) is 24.9 Å². The number of halogens is 1. The third-order valence-corrected chi connectivity index (χ3v) is 8.89. The minimum atomic E-state index is -1.02. The van der Waals surface area contributed by atoms with Gasteiger partial charge in [-0.3, -0.25) is 4.79 Å². The zero-order chi connectivity index (χ0) is 28.5. The van der Waals surface area contributed by atoms with Crippen molar-refractivity contribution in [1.29, 1.82) is 0 Å². The van der Waals surface area contributed by atoms with Gasteiger partial charge in [-0.2, -0.15) is 9.97 Å². The Morgan fingerprint density at radius 2 is 2.05 bits per heavy atom. The number of likely N-dealkylation sites (tertiary alicyclic amines) is 1. The van der Waals surface area contributed by atoms with Gasteiger partial charge < -0.3 is 24.3 Å². The molecule has 2 aliphatic heterocycles. The molecule has 5 heterocycles. The van der Waals surface area contributed by atoms with Crippen LogP contribution in [0.25, 0.3) is 37.2 Å². The molecule has 210 valence electrons. The number of anilines is 1. The Labute approximate surface area is 241 Å². The van der Waals surface area contributed by atoms with Gasteiger partial charge in [0, 0.05) is 35.9 Å². The quantitative estimate of drug-likeness (QED) is 0.233. The van der Waals surface area contributed by atoms with Crippen molar-refractivity contribution in [3.05, 3.63) is 65.6 Å². The van der Waals surface area contributed by atoms with Crippen LogP contribution >= 0.6 is 11.3 Å². The molecule has 0 saturated carbocycles. The number of ether oxygens (including phenoxy) is 1. The number of hydrogen-bond acceptors (Lipinski definition) is 8. The van der Waals surface area contributed by atoms with Crippen LogP contribution in [0.5, 0.6) is 6.01 Å². The minimum absolute atomic E-state index is 0.0448. The second kappa shape index (κ2) is 11.4. The van der Waals surface area contributed by atoms with Crippen molar-refractivity contribution in [1.82, 2.24) is 24.8 Å². The van der Waals surface area contributed by atoms with Crippen LogP contribution < -0.4 is 9.64 Å². The van der Waals surface area contributed by atoms with Gasteiger partial charge in [-0.25, -0.2) is 15.9 Å². The number of carbonyl (C=O) groups is 1. The fourth-order valence-electron chi connectivity index (χ4n) is 5.72. The molecule has 0 radical (unpaired) electrons. The molecule has 0 aliphatic carbocycles. The van der Waals surface area contributed by atoms with Crippen LogP contribution in [-0.4, -0.2) is 89.1 Å². The number of carbonyl (C=O) groups excluding carboxylic acids is 1. The molecule has 2 fully saturated rings. The van der Waals surface area contributed by atoms with Gasteiger partial charge in [0.05, 0.1) is 11.1 Å². The first-order chi connectivity index (χ1) is 19.9. The van der Waals surface area contributed by atoms with Gasteiger partial charge in [-0.05, 0) is 55.4 Å². The molecule has 0 N–H and O–H groups in total. The Bertz CT molecular complexity index is 1670. The molecule has 1 amide bonds. The van der Waals surface area contributed by atoms with Crippen molar-refractivity contribution in [2.24, 2.45) is 0 Å². The Hall–Kier alpha value is -4.14. The number of amides is 1. The van der Waals surface area contributed by atoms with E-state index in [2.05, 4.69) is 47.0 Å². The number of likely N-dealkylation sites (N-methyl/N-ethyl adjacent to an activating group) is 1. The molecule has 2 saturated heterocycles. The number of pyridine rings is 1. The normalized spacial score (nSPS) is 19.5. The molecule has 0 unspecified atom stereocenters. The molecule has 2 aliphatic rings. The number of thiophene rings is 1. The van der Waals surface area contributed by atoms with Crippen LogP contribution in [0.15, 0.2) is 54.2 Å². The fraction of sp³-hybridized carbons (Fsp3) is 0.367. The van der Waals surface area contributed by atoms with Gasteiger partial charge in [-0.1, -0.05) is 24.8 Å². The fourth-order valence-corrected chi connectivity index (χ4v) is 6.64. The van der Waals surface area contributed by atoms with Crippen LogP contribution in [0.4, 0.5) is 10.2 Å². The standard InChI is InChI=1S/C30H30FN7O2S/c1-19(31)29(39)38-14-13-37(17-22(38)16-32-2)28-24-9-10-25(23-8-4-6-20-11-15-41-26(20)23)33-27(24)34-30(35-28)40-18-21-7-5-12-36(21)3/h4,6,8-11,15,21-22H,1,5,7,12-14,16-18H2,3H3/t21-,22-/m0/s1. The first-order valence-corrected chi connectivity index (χ1v) is 14.5. The largest absolute Gasteiger partial charge is 0.462 e. The van der Waals surface area contributed by atoms with Gasteiger partial charge >= 0.3 is 6.01 Å². The number of benzene rings is 1. The van der Waals surface area contributed by atoms with E-state index in [0.29, 0.717) is 37.2 Å². The van der Waals surface area contributed by atoms with Gasteiger partial charge in [0.15, 0.2) is 11.5 Å². The highest BCUT2D eigenvalue weighted by Gasteiger charge is 2.35. The van der Waals surface area contributed by atoms with E-state index in [0.717, 1.165) is 46.1 Å². The monoisotopic (exact) mass is 571 g/mol. The molecule has 1 aromatic carbocycles. The molecule has 6 rings (SSSR count). The van der Waals surface area contributed by atoms with Crippen molar-refractivity contribution in [3.8, 4) is 17.3 Å². The molecule has 11 heteroatoms. The third-order valence-electron chi connectivity index (χ3n) is 7.93. The summed E-state index contributed by atoms with van der Waals surface area (Å²) in [7, 11) is 2.09. The lowest BCUT2D eigenvalue weighted by atomic mass is 10.1. The summed E-state index contributed by atoms with van der Waals surface area (Å²) >= 11 is 1.68. The number of piperazine rings is 1. The maximum atomic E-state index is 13.7. The zero-order valence-electron chi connectivity index (χ0n) is 22.8. The molecule has 4 aromatic rings. The molecular formula is C30H30FN7O2S. The van der Waals surface area contributed by atoms with Crippen LogP contribution in [0.3, 0.4) is 0 Å².